The van der Waals surface area contributed by atoms with Crippen LogP contribution in [-0.2, 0) is 0 Å². The number of amides is 1. The Kier molecular flexibility index (Phi) is 5.75. The van der Waals surface area contributed by atoms with Gasteiger partial charge in [0.05, 0.1) is 15.8 Å². The van der Waals surface area contributed by atoms with Crippen LogP contribution in [0.25, 0.3) is 10.2 Å². The summed E-state index contributed by atoms with van der Waals surface area (Å²) in [6, 6.07) is 11.8. The summed E-state index contributed by atoms with van der Waals surface area (Å²) >= 11 is 5.07. The van der Waals surface area contributed by atoms with E-state index in [1.807, 2.05) is 38.4 Å². The molecular weight excluding hydrogens is 410 g/mol. The third kappa shape index (κ3) is 3.98. The van der Waals surface area contributed by atoms with Crippen LogP contribution in [0.1, 0.15) is 21.5 Å². The molecule has 0 saturated heterocycles. The predicted octanol–water partition coefficient (Wildman–Crippen LogP) is 4.88. The van der Waals surface area contributed by atoms with Crippen molar-refractivity contribution in [3.8, 4) is 0 Å². The second kappa shape index (κ2) is 7.86. The van der Waals surface area contributed by atoms with Gasteiger partial charge in [0.1, 0.15) is 0 Å². The van der Waals surface area contributed by atoms with Crippen LogP contribution in [0.5, 0.6) is 0 Å². The molecule has 0 atom stereocenters. The molecule has 2 aromatic carbocycles. The Balaban J connectivity index is 2.03. The molecule has 6 heteroatoms. The van der Waals surface area contributed by atoms with E-state index in [1.54, 1.807) is 16.2 Å². The summed E-state index contributed by atoms with van der Waals surface area (Å²) in [5.74, 6) is -0.0353. The maximum atomic E-state index is 13.2. The highest BCUT2D eigenvalue weighted by molar-refractivity contribution is 9.10. The number of hydrogen-bond donors (Lipinski definition) is 0. The second-order valence-corrected chi connectivity index (χ2v) is 8.50. The van der Waals surface area contributed by atoms with Crippen molar-refractivity contribution in [3.05, 3.63) is 57.6 Å². The molecule has 0 saturated carbocycles. The Morgan fingerprint density at radius 1 is 1.12 bits per heavy atom. The van der Waals surface area contributed by atoms with Gasteiger partial charge in [0, 0.05) is 17.6 Å². The highest BCUT2D eigenvalue weighted by Crippen LogP contribution is 2.32. The molecule has 0 aliphatic heterocycles. The van der Waals surface area contributed by atoms with Crippen LogP contribution < -0.4 is 4.90 Å². The number of benzene rings is 2. The lowest BCUT2D eigenvalue weighted by Gasteiger charge is -2.22. The van der Waals surface area contributed by atoms with E-state index in [0.29, 0.717) is 12.1 Å². The average molecular weight is 432 g/mol. The third-order valence-corrected chi connectivity index (χ3v) is 6.08. The molecule has 0 bridgehead atoms. The van der Waals surface area contributed by atoms with Crippen LogP contribution in [0, 0.1) is 13.8 Å². The highest BCUT2D eigenvalue weighted by atomic mass is 79.9. The molecule has 3 aromatic rings. The van der Waals surface area contributed by atoms with E-state index >= 15 is 0 Å². The molecule has 1 amide bonds. The first kappa shape index (κ1) is 19.0. The first-order chi connectivity index (χ1) is 12.4. The molecule has 136 valence electrons. The van der Waals surface area contributed by atoms with Crippen molar-refractivity contribution in [2.45, 2.75) is 13.8 Å². The third-order valence-electron chi connectivity index (χ3n) is 4.34. The fourth-order valence-corrected chi connectivity index (χ4v) is 4.17. The molecule has 1 heterocycles. The smallest absolute Gasteiger partial charge is 0.261 e. The number of nitrogens with zero attached hydrogens (tertiary/aromatic N) is 3. The number of aromatic nitrogens is 1. The Morgan fingerprint density at radius 3 is 2.50 bits per heavy atom. The van der Waals surface area contributed by atoms with Crippen molar-refractivity contribution >= 4 is 48.5 Å². The van der Waals surface area contributed by atoms with E-state index in [2.05, 4.69) is 46.8 Å². The second-order valence-electron chi connectivity index (χ2n) is 6.64. The molecule has 0 aliphatic carbocycles. The van der Waals surface area contributed by atoms with Crippen molar-refractivity contribution in [1.82, 2.24) is 9.88 Å². The van der Waals surface area contributed by atoms with Crippen LogP contribution in [0.4, 0.5) is 5.13 Å². The summed E-state index contributed by atoms with van der Waals surface area (Å²) in [6.45, 7) is 5.54. The number of rotatable bonds is 5. The minimum atomic E-state index is -0.0353. The van der Waals surface area contributed by atoms with Crippen molar-refractivity contribution in [2.75, 3.05) is 32.1 Å². The number of carbonyl (C=O) groups is 1. The maximum absolute atomic E-state index is 13.2. The lowest BCUT2D eigenvalue weighted by molar-refractivity contribution is 0.0984. The first-order valence-electron chi connectivity index (χ1n) is 8.45. The average Bonchev–Trinajstić information content (AvgIpc) is 2.97. The van der Waals surface area contributed by atoms with Gasteiger partial charge in [-0.3, -0.25) is 9.69 Å². The Morgan fingerprint density at radius 2 is 1.81 bits per heavy atom. The van der Waals surface area contributed by atoms with Gasteiger partial charge in [-0.05, 0) is 79.3 Å². The van der Waals surface area contributed by atoms with E-state index in [1.165, 1.54) is 11.1 Å². The minimum Gasteiger partial charge on any atom is -0.308 e. The van der Waals surface area contributed by atoms with Crippen LogP contribution in [0.3, 0.4) is 0 Å². The van der Waals surface area contributed by atoms with Gasteiger partial charge in [-0.2, -0.15) is 0 Å². The van der Waals surface area contributed by atoms with Crippen LogP contribution >= 0.6 is 27.3 Å². The lowest BCUT2D eigenvalue weighted by Crippen LogP contribution is -2.36. The fraction of sp³-hybridized carbons (Fsp3) is 0.300. The van der Waals surface area contributed by atoms with E-state index < -0.39 is 0 Å². The number of likely N-dealkylation sites (N-methyl/N-ethyl adjacent to an activating group) is 1. The summed E-state index contributed by atoms with van der Waals surface area (Å²) in [6.07, 6.45) is 0. The summed E-state index contributed by atoms with van der Waals surface area (Å²) in [5.41, 5.74) is 4.05. The largest absolute Gasteiger partial charge is 0.308 e. The number of anilines is 1. The van der Waals surface area contributed by atoms with Gasteiger partial charge in [-0.1, -0.05) is 23.5 Å². The standard InChI is InChI=1S/C20H22BrN3OS/c1-13-11-17-18(12-14(13)2)26-20(22-17)24(10-9-23(3)4)19(25)15-7-5-6-8-16(15)21/h5-8,11-12H,9-10H2,1-4H3. The molecule has 0 fully saturated rings. The monoisotopic (exact) mass is 431 g/mol. The zero-order chi connectivity index (χ0) is 18.8. The summed E-state index contributed by atoms with van der Waals surface area (Å²) < 4.78 is 1.91. The SMILES string of the molecule is Cc1cc2nc(N(CCN(C)C)C(=O)c3ccccc3Br)sc2cc1C. The Hall–Kier alpha value is -1.76. The summed E-state index contributed by atoms with van der Waals surface area (Å²) in [5, 5.41) is 0.743. The van der Waals surface area contributed by atoms with Gasteiger partial charge in [0.2, 0.25) is 0 Å². The molecule has 26 heavy (non-hydrogen) atoms. The first-order valence-corrected chi connectivity index (χ1v) is 10.1. The summed E-state index contributed by atoms with van der Waals surface area (Å²) in [7, 11) is 4.01. The van der Waals surface area contributed by atoms with Crippen LogP contribution in [0.2, 0.25) is 0 Å². The van der Waals surface area contributed by atoms with Gasteiger partial charge in [0.15, 0.2) is 5.13 Å². The molecule has 1 aromatic heterocycles. The van der Waals surface area contributed by atoms with Gasteiger partial charge in [-0.25, -0.2) is 4.98 Å². The molecule has 0 unspecified atom stereocenters. The fourth-order valence-electron chi connectivity index (χ4n) is 2.65. The van der Waals surface area contributed by atoms with E-state index in [9.17, 15) is 4.79 Å². The van der Waals surface area contributed by atoms with Crippen LogP contribution in [-0.4, -0.2) is 43.0 Å². The number of thiazole rings is 1. The highest BCUT2D eigenvalue weighted by Gasteiger charge is 2.23. The van der Waals surface area contributed by atoms with Crippen molar-refractivity contribution in [3.63, 3.8) is 0 Å². The number of carbonyl (C=O) groups excluding carboxylic acids is 1. The maximum Gasteiger partial charge on any atom is 0.261 e. The van der Waals surface area contributed by atoms with Gasteiger partial charge in [0.25, 0.3) is 5.91 Å². The van der Waals surface area contributed by atoms with Crippen molar-refractivity contribution in [2.24, 2.45) is 0 Å². The van der Waals surface area contributed by atoms with Crippen molar-refractivity contribution in [1.29, 1.82) is 0 Å². The number of fused-ring (bicyclic) bond motifs is 1. The molecule has 4 nitrogen and oxygen atoms in total. The zero-order valence-electron chi connectivity index (χ0n) is 15.4. The van der Waals surface area contributed by atoms with E-state index in [4.69, 9.17) is 4.98 Å². The zero-order valence-corrected chi connectivity index (χ0v) is 17.8. The molecular formula is C20H22BrN3OS. The lowest BCUT2D eigenvalue weighted by atomic mass is 10.1. The molecule has 0 N–H and O–H groups in total. The number of hydrogen-bond acceptors (Lipinski definition) is 4. The van der Waals surface area contributed by atoms with Crippen LogP contribution in [0.15, 0.2) is 40.9 Å². The Labute approximate surface area is 166 Å². The van der Waals surface area contributed by atoms with E-state index in [-0.39, 0.29) is 5.91 Å². The molecule has 0 aliphatic rings. The quantitative estimate of drug-likeness (QED) is 0.577. The number of aryl methyl sites for hydroxylation is 2. The Bertz CT molecular complexity index is 912. The topological polar surface area (TPSA) is 36.4 Å². The van der Waals surface area contributed by atoms with Gasteiger partial charge >= 0.3 is 0 Å². The molecule has 0 spiro atoms. The van der Waals surface area contributed by atoms with Crippen molar-refractivity contribution < 1.29 is 4.79 Å². The minimum absolute atomic E-state index is 0.0353. The predicted molar refractivity (Wildman–Crippen MR) is 113 cm³/mol. The molecule has 3 rings (SSSR count). The van der Waals surface area contributed by atoms with Gasteiger partial charge < -0.3 is 4.90 Å². The summed E-state index contributed by atoms with van der Waals surface area (Å²) in [4.78, 5) is 21.9. The molecule has 0 radical (unpaired) electrons. The normalized spacial score (nSPS) is 11.3. The van der Waals surface area contributed by atoms with E-state index in [0.717, 1.165) is 26.4 Å². The number of halogens is 1. The van der Waals surface area contributed by atoms with Gasteiger partial charge in [-0.15, -0.1) is 0 Å².